The van der Waals surface area contributed by atoms with Gasteiger partial charge < -0.3 is 19.5 Å². The molecule has 2 rings (SSSR count). The average molecular weight is 279 g/mol. The van der Waals surface area contributed by atoms with Gasteiger partial charge in [-0.15, -0.1) is 0 Å². The Balaban J connectivity index is 1.97. The van der Waals surface area contributed by atoms with Crippen molar-refractivity contribution in [3.05, 3.63) is 17.7 Å². The molecule has 1 fully saturated rings. The SMILES string of the molecule is COc1cc(C)cc(OC)c1OCCC1CCCNC1. The van der Waals surface area contributed by atoms with Crippen molar-refractivity contribution in [2.75, 3.05) is 33.9 Å². The maximum absolute atomic E-state index is 5.93. The van der Waals surface area contributed by atoms with Gasteiger partial charge in [0.05, 0.1) is 20.8 Å². The third kappa shape index (κ3) is 3.79. The quantitative estimate of drug-likeness (QED) is 0.869. The topological polar surface area (TPSA) is 39.7 Å². The summed E-state index contributed by atoms with van der Waals surface area (Å²) in [6, 6.07) is 3.94. The van der Waals surface area contributed by atoms with Crippen LogP contribution in [-0.2, 0) is 0 Å². The molecule has 0 spiro atoms. The summed E-state index contributed by atoms with van der Waals surface area (Å²) in [5, 5.41) is 3.43. The summed E-state index contributed by atoms with van der Waals surface area (Å²) >= 11 is 0. The van der Waals surface area contributed by atoms with Crippen LogP contribution in [0.1, 0.15) is 24.8 Å². The van der Waals surface area contributed by atoms with Crippen LogP contribution in [0.3, 0.4) is 0 Å². The molecule has 1 N–H and O–H groups in total. The molecule has 0 saturated carbocycles. The molecule has 1 aromatic rings. The lowest BCUT2D eigenvalue weighted by atomic mass is 9.97. The van der Waals surface area contributed by atoms with Crippen LogP contribution >= 0.6 is 0 Å². The number of methoxy groups -OCH3 is 2. The molecule has 1 saturated heterocycles. The number of nitrogens with one attached hydrogen (secondary N) is 1. The van der Waals surface area contributed by atoms with Gasteiger partial charge in [-0.1, -0.05) is 0 Å². The van der Waals surface area contributed by atoms with Gasteiger partial charge in [-0.3, -0.25) is 0 Å². The van der Waals surface area contributed by atoms with E-state index in [4.69, 9.17) is 14.2 Å². The summed E-state index contributed by atoms with van der Waals surface area (Å²) in [5.74, 6) is 2.91. The van der Waals surface area contributed by atoms with Crippen molar-refractivity contribution in [1.29, 1.82) is 0 Å². The highest BCUT2D eigenvalue weighted by molar-refractivity contribution is 5.53. The maximum atomic E-state index is 5.93. The Kier molecular flexibility index (Phi) is 5.53. The van der Waals surface area contributed by atoms with Crippen molar-refractivity contribution < 1.29 is 14.2 Å². The highest BCUT2D eigenvalue weighted by atomic mass is 16.5. The molecule has 0 aliphatic carbocycles. The Morgan fingerprint density at radius 1 is 1.20 bits per heavy atom. The number of hydrogen-bond donors (Lipinski definition) is 1. The summed E-state index contributed by atoms with van der Waals surface area (Å²) in [6.45, 7) is 4.97. The first kappa shape index (κ1) is 15.0. The van der Waals surface area contributed by atoms with Crippen LogP contribution in [0.4, 0.5) is 0 Å². The smallest absolute Gasteiger partial charge is 0.203 e. The molecule has 0 bridgehead atoms. The molecule has 1 atom stereocenters. The monoisotopic (exact) mass is 279 g/mol. The van der Waals surface area contributed by atoms with Crippen molar-refractivity contribution in [3.63, 3.8) is 0 Å². The molecule has 4 heteroatoms. The number of benzene rings is 1. The summed E-state index contributed by atoms with van der Waals surface area (Å²) in [6.07, 6.45) is 3.62. The molecule has 0 amide bonds. The van der Waals surface area contributed by atoms with Crippen molar-refractivity contribution in [2.24, 2.45) is 5.92 Å². The van der Waals surface area contributed by atoms with E-state index < -0.39 is 0 Å². The van der Waals surface area contributed by atoms with Gasteiger partial charge in [0.2, 0.25) is 5.75 Å². The van der Waals surface area contributed by atoms with E-state index >= 15 is 0 Å². The molecule has 1 heterocycles. The molecule has 1 aliphatic heterocycles. The van der Waals surface area contributed by atoms with Crippen molar-refractivity contribution >= 4 is 0 Å². The van der Waals surface area contributed by atoms with E-state index in [0.717, 1.165) is 36.6 Å². The van der Waals surface area contributed by atoms with E-state index in [2.05, 4.69) is 5.32 Å². The lowest BCUT2D eigenvalue weighted by molar-refractivity contribution is 0.235. The average Bonchev–Trinajstić information content (AvgIpc) is 2.49. The number of aryl methyl sites for hydroxylation is 1. The minimum absolute atomic E-state index is 0.697. The van der Waals surface area contributed by atoms with Gasteiger partial charge in [0.15, 0.2) is 11.5 Å². The van der Waals surface area contributed by atoms with Crippen LogP contribution in [0.25, 0.3) is 0 Å². The minimum Gasteiger partial charge on any atom is -0.493 e. The Bertz CT molecular complexity index is 403. The zero-order valence-corrected chi connectivity index (χ0v) is 12.7. The molecule has 20 heavy (non-hydrogen) atoms. The van der Waals surface area contributed by atoms with Crippen molar-refractivity contribution in [2.45, 2.75) is 26.2 Å². The first-order valence-electron chi connectivity index (χ1n) is 7.30. The van der Waals surface area contributed by atoms with Gasteiger partial charge >= 0.3 is 0 Å². The van der Waals surface area contributed by atoms with Gasteiger partial charge in [0.1, 0.15) is 0 Å². The van der Waals surface area contributed by atoms with E-state index in [-0.39, 0.29) is 0 Å². The van der Waals surface area contributed by atoms with E-state index in [1.807, 2.05) is 19.1 Å². The summed E-state index contributed by atoms with van der Waals surface area (Å²) in [7, 11) is 3.32. The molecule has 112 valence electrons. The minimum atomic E-state index is 0.697. The number of rotatable bonds is 6. The maximum Gasteiger partial charge on any atom is 0.203 e. The van der Waals surface area contributed by atoms with Crippen molar-refractivity contribution in [3.8, 4) is 17.2 Å². The van der Waals surface area contributed by atoms with Gasteiger partial charge in [-0.2, -0.15) is 0 Å². The standard InChI is InChI=1S/C16H25NO3/c1-12-9-14(18-2)16(15(10-12)19-3)20-8-6-13-5-4-7-17-11-13/h9-10,13,17H,4-8,11H2,1-3H3. The fourth-order valence-corrected chi connectivity index (χ4v) is 2.65. The molecular weight excluding hydrogens is 254 g/mol. The largest absolute Gasteiger partial charge is 0.493 e. The molecule has 1 unspecified atom stereocenters. The van der Waals surface area contributed by atoms with Crippen LogP contribution in [-0.4, -0.2) is 33.9 Å². The first-order chi connectivity index (χ1) is 9.74. The van der Waals surface area contributed by atoms with E-state index in [1.54, 1.807) is 14.2 Å². The van der Waals surface area contributed by atoms with Crippen LogP contribution < -0.4 is 19.5 Å². The summed E-state index contributed by atoms with van der Waals surface area (Å²) in [5.41, 5.74) is 1.10. The summed E-state index contributed by atoms with van der Waals surface area (Å²) in [4.78, 5) is 0. The molecule has 4 nitrogen and oxygen atoms in total. The summed E-state index contributed by atoms with van der Waals surface area (Å²) < 4.78 is 16.7. The Morgan fingerprint density at radius 3 is 2.45 bits per heavy atom. The lowest BCUT2D eigenvalue weighted by Gasteiger charge is -2.23. The third-order valence-corrected chi connectivity index (χ3v) is 3.78. The van der Waals surface area contributed by atoms with Gasteiger partial charge in [-0.25, -0.2) is 0 Å². The fourth-order valence-electron chi connectivity index (χ4n) is 2.65. The van der Waals surface area contributed by atoms with Crippen LogP contribution in [0, 0.1) is 12.8 Å². The van der Waals surface area contributed by atoms with Gasteiger partial charge in [-0.05, 0) is 62.9 Å². The van der Waals surface area contributed by atoms with E-state index in [9.17, 15) is 0 Å². The Morgan fingerprint density at radius 2 is 1.90 bits per heavy atom. The Labute approximate surface area is 121 Å². The lowest BCUT2D eigenvalue weighted by Crippen LogP contribution is -2.30. The van der Waals surface area contributed by atoms with Crippen LogP contribution in [0.5, 0.6) is 17.2 Å². The van der Waals surface area contributed by atoms with Crippen LogP contribution in [0.15, 0.2) is 12.1 Å². The van der Waals surface area contributed by atoms with Gasteiger partial charge in [0, 0.05) is 0 Å². The number of ether oxygens (including phenoxy) is 3. The molecule has 0 radical (unpaired) electrons. The molecule has 1 aromatic carbocycles. The van der Waals surface area contributed by atoms with Gasteiger partial charge in [0.25, 0.3) is 0 Å². The molecule has 0 aromatic heterocycles. The number of hydrogen-bond acceptors (Lipinski definition) is 4. The second kappa shape index (κ2) is 7.39. The number of piperidine rings is 1. The zero-order chi connectivity index (χ0) is 14.4. The Hall–Kier alpha value is -1.42. The molecular formula is C16H25NO3. The van der Waals surface area contributed by atoms with Crippen LogP contribution in [0.2, 0.25) is 0 Å². The third-order valence-electron chi connectivity index (χ3n) is 3.78. The van der Waals surface area contributed by atoms with Crippen molar-refractivity contribution in [1.82, 2.24) is 5.32 Å². The molecule has 1 aliphatic rings. The first-order valence-corrected chi connectivity index (χ1v) is 7.30. The highest BCUT2D eigenvalue weighted by Gasteiger charge is 2.16. The van der Waals surface area contributed by atoms with E-state index in [1.165, 1.54) is 12.8 Å². The fraction of sp³-hybridized carbons (Fsp3) is 0.625. The highest BCUT2D eigenvalue weighted by Crippen LogP contribution is 2.38. The predicted molar refractivity (Wildman–Crippen MR) is 80.0 cm³/mol. The zero-order valence-electron chi connectivity index (χ0n) is 12.7. The predicted octanol–water partition coefficient (Wildman–Crippen LogP) is 2.78. The normalized spacial score (nSPS) is 18.6. The second-order valence-electron chi connectivity index (χ2n) is 5.35. The van der Waals surface area contributed by atoms with E-state index in [0.29, 0.717) is 18.3 Å². The second-order valence-corrected chi connectivity index (χ2v) is 5.35.